The summed E-state index contributed by atoms with van der Waals surface area (Å²) in [6.45, 7) is 0.664. The number of nitrogens with one attached hydrogen (secondary N) is 1. The molecule has 13 heteroatoms. The van der Waals surface area contributed by atoms with Gasteiger partial charge < -0.3 is 19.8 Å². The molecule has 2 atom stereocenters. The molecule has 1 aromatic carbocycles. The maximum absolute atomic E-state index is 13.4. The second-order valence-corrected chi connectivity index (χ2v) is 8.69. The van der Waals surface area contributed by atoms with Gasteiger partial charge in [0.05, 0.1) is 30.1 Å². The Kier molecular flexibility index (Phi) is 6.56. The van der Waals surface area contributed by atoms with Crippen LogP contribution >= 0.6 is 0 Å². The van der Waals surface area contributed by atoms with E-state index < -0.39 is 30.5 Å². The van der Waals surface area contributed by atoms with Crippen molar-refractivity contribution < 1.29 is 32.9 Å². The van der Waals surface area contributed by atoms with Gasteiger partial charge in [-0.15, -0.1) is 0 Å². The van der Waals surface area contributed by atoms with E-state index in [1.165, 1.54) is 35.5 Å². The molecule has 37 heavy (non-hydrogen) atoms. The van der Waals surface area contributed by atoms with Crippen molar-refractivity contribution >= 4 is 23.4 Å². The Morgan fingerprint density at radius 3 is 2.86 bits per heavy atom. The highest BCUT2D eigenvalue weighted by molar-refractivity contribution is 6.04. The van der Waals surface area contributed by atoms with Crippen LogP contribution in [0.5, 0.6) is 5.75 Å². The average Bonchev–Trinajstić information content (AvgIpc) is 3.31. The zero-order valence-electron chi connectivity index (χ0n) is 19.4. The van der Waals surface area contributed by atoms with Gasteiger partial charge in [0, 0.05) is 30.9 Å². The highest BCUT2D eigenvalue weighted by atomic mass is 19.4. The fourth-order valence-corrected chi connectivity index (χ4v) is 4.33. The number of pyridine rings is 1. The summed E-state index contributed by atoms with van der Waals surface area (Å²) in [5.41, 5.74) is -0.0189. The highest BCUT2D eigenvalue weighted by Gasteiger charge is 2.41. The van der Waals surface area contributed by atoms with Gasteiger partial charge in [-0.1, -0.05) is 12.1 Å². The number of rotatable bonds is 6. The van der Waals surface area contributed by atoms with Crippen molar-refractivity contribution in [3.63, 3.8) is 0 Å². The first-order chi connectivity index (χ1) is 17.7. The number of urea groups is 1. The largest absolute Gasteiger partial charge is 0.491 e. The van der Waals surface area contributed by atoms with Crippen LogP contribution in [0.2, 0.25) is 0 Å². The lowest BCUT2D eigenvalue weighted by Crippen LogP contribution is -2.48. The molecule has 2 bridgehead atoms. The van der Waals surface area contributed by atoms with E-state index in [2.05, 4.69) is 20.3 Å². The molecule has 2 aromatic heterocycles. The second kappa shape index (κ2) is 9.82. The molecule has 0 saturated carbocycles. The van der Waals surface area contributed by atoms with Crippen LogP contribution in [0.15, 0.2) is 48.8 Å². The first kappa shape index (κ1) is 24.7. The monoisotopic (exact) mass is 516 g/mol. The third kappa shape index (κ3) is 5.13. The minimum Gasteiger partial charge on any atom is -0.491 e. The minimum atomic E-state index is -4.51. The molecule has 2 aliphatic heterocycles. The number of aromatic nitrogens is 3. The number of hydrogen-bond acceptors (Lipinski definition) is 8. The van der Waals surface area contributed by atoms with Crippen LogP contribution in [-0.4, -0.2) is 69.6 Å². The number of ether oxygens (including phenoxy) is 1. The SMILES string of the molecule is O=C(Nc1cc(OC[C@@H](O)CO)ccn1)N1c2nc(-c3cccc(C(F)(F)F)c3)ncc2N2CC[C@H]1C2. The first-order valence-electron chi connectivity index (χ1n) is 11.5. The molecular weight excluding hydrogens is 493 g/mol. The summed E-state index contributed by atoms with van der Waals surface area (Å²) in [4.78, 5) is 29.9. The summed E-state index contributed by atoms with van der Waals surface area (Å²) in [5.74, 6) is 0.890. The molecule has 0 unspecified atom stereocenters. The number of carbonyl (C=O) groups is 1. The van der Waals surface area contributed by atoms with Gasteiger partial charge in [-0.3, -0.25) is 10.2 Å². The quantitative estimate of drug-likeness (QED) is 0.457. The lowest BCUT2D eigenvalue weighted by molar-refractivity contribution is -0.137. The van der Waals surface area contributed by atoms with Gasteiger partial charge in [-0.2, -0.15) is 13.2 Å². The molecule has 0 spiro atoms. The number of aliphatic hydroxyl groups is 2. The van der Waals surface area contributed by atoms with E-state index in [0.717, 1.165) is 12.1 Å². The molecule has 3 aromatic rings. The molecule has 194 valence electrons. The van der Waals surface area contributed by atoms with Gasteiger partial charge in [0.15, 0.2) is 11.6 Å². The van der Waals surface area contributed by atoms with Gasteiger partial charge in [0.1, 0.15) is 24.3 Å². The highest BCUT2D eigenvalue weighted by Crippen LogP contribution is 2.40. The number of benzene rings is 1. The molecule has 1 fully saturated rings. The predicted octanol–water partition coefficient (Wildman–Crippen LogP) is 2.92. The van der Waals surface area contributed by atoms with E-state index in [-0.39, 0.29) is 29.9 Å². The van der Waals surface area contributed by atoms with E-state index in [4.69, 9.17) is 9.84 Å². The van der Waals surface area contributed by atoms with Crippen LogP contribution in [-0.2, 0) is 6.18 Å². The summed E-state index contributed by atoms with van der Waals surface area (Å²) in [6.07, 6.45) is -1.93. The molecule has 1 saturated heterocycles. The Labute approximate surface area is 209 Å². The van der Waals surface area contributed by atoms with E-state index >= 15 is 0 Å². The summed E-state index contributed by atoms with van der Waals surface area (Å²) in [6, 6.07) is 7.04. The number of carbonyl (C=O) groups excluding carboxylic acids is 1. The van der Waals surface area contributed by atoms with Crippen molar-refractivity contribution in [1.82, 2.24) is 15.0 Å². The normalized spacial score (nSPS) is 17.4. The van der Waals surface area contributed by atoms with Crippen molar-refractivity contribution in [2.24, 2.45) is 0 Å². The summed E-state index contributed by atoms with van der Waals surface area (Å²) in [7, 11) is 0. The number of amides is 2. The maximum Gasteiger partial charge on any atom is 0.416 e. The molecule has 0 radical (unpaired) electrons. The molecular formula is C24H23F3N6O4. The molecule has 0 aliphatic carbocycles. The molecule has 2 aliphatic rings. The fraction of sp³-hybridized carbons (Fsp3) is 0.333. The zero-order chi connectivity index (χ0) is 26.2. The topological polar surface area (TPSA) is 124 Å². The first-order valence-corrected chi connectivity index (χ1v) is 11.5. The molecule has 3 N–H and O–H groups in total. The van der Waals surface area contributed by atoms with Crippen molar-refractivity contribution in [3.05, 3.63) is 54.4 Å². The smallest absolute Gasteiger partial charge is 0.416 e. The summed E-state index contributed by atoms with van der Waals surface area (Å²) < 4.78 is 45.1. The number of anilines is 3. The van der Waals surface area contributed by atoms with Crippen molar-refractivity contribution in [2.75, 3.05) is 41.4 Å². The third-order valence-corrected chi connectivity index (χ3v) is 6.13. The minimum absolute atomic E-state index is 0.0705. The van der Waals surface area contributed by atoms with E-state index in [1.807, 2.05) is 4.90 Å². The van der Waals surface area contributed by atoms with Crippen LogP contribution in [0.3, 0.4) is 0 Å². The fourth-order valence-electron chi connectivity index (χ4n) is 4.33. The number of aliphatic hydroxyl groups excluding tert-OH is 2. The lowest BCUT2D eigenvalue weighted by atomic mass is 10.1. The Morgan fingerprint density at radius 2 is 2.08 bits per heavy atom. The number of alkyl halides is 3. The van der Waals surface area contributed by atoms with E-state index in [0.29, 0.717) is 36.8 Å². The van der Waals surface area contributed by atoms with Gasteiger partial charge in [-0.05, 0) is 24.6 Å². The predicted molar refractivity (Wildman–Crippen MR) is 127 cm³/mol. The summed E-state index contributed by atoms with van der Waals surface area (Å²) in [5, 5.41) is 21.1. The zero-order valence-corrected chi connectivity index (χ0v) is 19.4. The number of fused-ring (bicyclic) bond motifs is 4. The average molecular weight is 516 g/mol. The molecule has 10 nitrogen and oxygen atoms in total. The van der Waals surface area contributed by atoms with E-state index in [1.54, 1.807) is 6.07 Å². The Hall–Kier alpha value is -3.97. The van der Waals surface area contributed by atoms with Gasteiger partial charge in [0.2, 0.25) is 0 Å². The van der Waals surface area contributed by atoms with Crippen LogP contribution in [0, 0.1) is 0 Å². The van der Waals surface area contributed by atoms with Gasteiger partial charge in [0.25, 0.3) is 0 Å². The Morgan fingerprint density at radius 1 is 1.24 bits per heavy atom. The van der Waals surface area contributed by atoms with Crippen LogP contribution < -0.4 is 19.9 Å². The molecule has 4 heterocycles. The van der Waals surface area contributed by atoms with Gasteiger partial charge >= 0.3 is 12.2 Å². The second-order valence-electron chi connectivity index (χ2n) is 8.69. The lowest BCUT2D eigenvalue weighted by Gasteiger charge is -2.35. The van der Waals surface area contributed by atoms with E-state index in [9.17, 15) is 23.1 Å². The van der Waals surface area contributed by atoms with Crippen LogP contribution in [0.25, 0.3) is 11.4 Å². The number of halogens is 3. The van der Waals surface area contributed by atoms with Crippen LogP contribution in [0.1, 0.15) is 12.0 Å². The Bertz CT molecular complexity index is 1310. The van der Waals surface area contributed by atoms with Crippen molar-refractivity contribution in [3.8, 4) is 17.1 Å². The van der Waals surface area contributed by atoms with Crippen LogP contribution in [0.4, 0.5) is 35.3 Å². The van der Waals surface area contributed by atoms with Crippen molar-refractivity contribution in [2.45, 2.75) is 24.7 Å². The number of hydrogen-bond donors (Lipinski definition) is 3. The maximum atomic E-state index is 13.4. The summed E-state index contributed by atoms with van der Waals surface area (Å²) >= 11 is 0. The van der Waals surface area contributed by atoms with Crippen molar-refractivity contribution in [1.29, 1.82) is 0 Å². The third-order valence-electron chi connectivity index (χ3n) is 6.13. The molecule has 2 amide bonds. The Balaban J connectivity index is 1.42. The van der Waals surface area contributed by atoms with Gasteiger partial charge in [-0.25, -0.2) is 19.7 Å². The number of nitrogens with zero attached hydrogens (tertiary/aromatic N) is 5. The molecule has 5 rings (SSSR count). The standard InChI is InChI=1S/C24H23F3N6O4/c25-24(26,27)15-3-1-2-14(8-15)21-29-10-19-22(31-21)33(16-5-7-32(19)11-16)23(36)30-20-9-18(4-6-28-20)37-13-17(35)12-34/h1-4,6,8-10,16-17,34-35H,5,7,11-13H2,(H,28,30,36)/t16-,17-/m0/s1.